The van der Waals surface area contributed by atoms with Gasteiger partial charge in [0.05, 0.1) is 17.3 Å². The maximum Gasteiger partial charge on any atom is 0.337 e. The lowest BCUT2D eigenvalue weighted by Crippen LogP contribution is -2.36. The van der Waals surface area contributed by atoms with E-state index < -0.39 is 23.7 Å². The molecule has 19 heavy (non-hydrogen) atoms. The monoisotopic (exact) mass is 286 g/mol. The highest BCUT2D eigenvalue weighted by Crippen LogP contribution is 2.17. The van der Waals surface area contributed by atoms with Gasteiger partial charge in [0.25, 0.3) is 0 Å². The third-order valence-corrected chi connectivity index (χ3v) is 3.08. The number of benzene rings is 1. The van der Waals surface area contributed by atoms with E-state index in [2.05, 4.69) is 5.32 Å². The van der Waals surface area contributed by atoms with Crippen LogP contribution in [0, 0.1) is 5.82 Å². The van der Waals surface area contributed by atoms with Crippen molar-refractivity contribution in [3.05, 3.63) is 29.6 Å². The first-order valence-corrected chi connectivity index (χ1v) is 6.93. The van der Waals surface area contributed by atoms with Gasteiger partial charge in [0.2, 0.25) is 5.91 Å². The smallest absolute Gasteiger partial charge is 0.337 e. The molecule has 0 aliphatic heterocycles. The van der Waals surface area contributed by atoms with E-state index in [4.69, 9.17) is 10.8 Å². The molecule has 0 spiro atoms. The fourth-order valence-corrected chi connectivity index (χ4v) is 1.89. The van der Waals surface area contributed by atoms with Crippen molar-refractivity contribution >= 4 is 29.3 Å². The topological polar surface area (TPSA) is 92.4 Å². The molecule has 0 radical (unpaired) electrons. The summed E-state index contributed by atoms with van der Waals surface area (Å²) in [7, 11) is 0. The van der Waals surface area contributed by atoms with Crippen molar-refractivity contribution in [1.82, 2.24) is 0 Å². The number of nitrogens with one attached hydrogen (secondary N) is 1. The van der Waals surface area contributed by atoms with Crippen LogP contribution in [0.4, 0.5) is 10.1 Å². The molecule has 0 saturated heterocycles. The predicted octanol–water partition coefficient (Wildman–Crippen LogP) is 1.54. The van der Waals surface area contributed by atoms with E-state index in [9.17, 15) is 14.0 Å². The Morgan fingerprint density at radius 2 is 2.21 bits per heavy atom. The zero-order chi connectivity index (χ0) is 14.4. The molecule has 1 amide bonds. The minimum absolute atomic E-state index is 0.0403. The Morgan fingerprint density at radius 1 is 1.53 bits per heavy atom. The minimum Gasteiger partial charge on any atom is -0.478 e. The first-order valence-electron chi connectivity index (χ1n) is 5.54. The predicted molar refractivity (Wildman–Crippen MR) is 73.0 cm³/mol. The molecule has 0 bridgehead atoms. The quantitative estimate of drug-likeness (QED) is 0.737. The van der Waals surface area contributed by atoms with Crippen LogP contribution < -0.4 is 11.1 Å². The minimum atomic E-state index is -1.31. The van der Waals surface area contributed by atoms with Gasteiger partial charge in [0.15, 0.2) is 0 Å². The van der Waals surface area contributed by atoms with E-state index >= 15 is 0 Å². The number of amides is 1. The highest BCUT2D eigenvalue weighted by Gasteiger charge is 2.17. The van der Waals surface area contributed by atoms with Crippen molar-refractivity contribution in [3.8, 4) is 0 Å². The summed E-state index contributed by atoms with van der Waals surface area (Å²) in [4.78, 5) is 22.7. The van der Waals surface area contributed by atoms with Crippen LogP contribution in [-0.2, 0) is 4.79 Å². The molecular weight excluding hydrogens is 271 g/mol. The standard InChI is InChI=1S/C12H15FN2O3S/c1-19-5-4-9(14)11(16)15-10-3-2-7(13)6-8(10)12(17)18/h2-3,6,9H,4-5,14H2,1H3,(H,15,16)(H,17,18)/t9-/m1/s1. The number of hydrogen-bond donors (Lipinski definition) is 3. The number of thioether (sulfide) groups is 1. The SMILES string of the molecule is CSCC[C@@H](N)C(=O)Nc1ccc(F)cc1C(=O)O. The first-order chi connectivity index (χ1) is 8.95. The average molecular weight is 286 g/mol. The average Bonchev–Trinajstić information content (AvgIpc) is 2.37. The molecule has 104 valence electrons. The summed E-state index contributed by atoms with van der Waals surface area (Å²) in [5.41, 5.74) is 5.40. The molecule has 0 aliphatic carbocycles. The maximum atomic E-state index is 13.0. The molecule has 0 saturated carbocycles. The fraction of sp³-hybridized carbons (Fsp3) is 0.333. The number of rotatable bonds is 6. The van der Waals surface area contributed by atoms with Gasteiger partial charge in [-0.3, -0.25) is 4.79 Å². The number of carbonyl (C=O) groups is 2. The Bertz CT molecular complexity index is 482. The molecule has 1 atom stereocenters. The third kappa shape index (κ3) is 4.53. The number of aromatic carboxylic acids is 1. The highest BCUT2D eigenvalue weighted by atomic mass is 32.2. The van der Waals surface area contributed by atoms with E-state index in [0.717, 1.165) is 17.9 Å². The van der Waals surface area contributed by atoms with Crippen LogP contribution in [0.15, 0.2) is 18.2 Å². The van der Waals surface area contributed by atoms with Gasteiger partial charge >= 0.3 is 5.97 Å². The molecule has 0 heterocycles. The van der Waals surface area contributed by atoms with Gasteiger partial charge in [-0.2, -0.15) is 11.8 Å². The van der Waals surface area contributed by atoms with Gasteiger partial charge in [0.1, 0.15) is 5.82 Å². The second-order valence-corrected chi connectivity index (χ2v) is 4.86. The van der Waals surface area contributed by atoms with E-state index in [1.54, 1.807) is 11.8 Å². The Labute approximate surface area is 114 Å². The van der Waals surface area contributed by atoms with Crippen LogP contribution in [0.2, 0.25) is 0 Å². The van der Waals surface area contributed by atoms with E-state index in [-0.39, 0.29) is 11.3 Å². The lowest BCUT2D eigenvalue weighted by atomic mass is 10.1. The van der Waals surface area contributed by atoms with Gasteiger partial charge in [-0.15, -0.1) is 0 Å². The second kappa shape index (κ2) is 7.10. The number of nitrogens with two attached hydrogens (primary N) is 1. The van der Waals surface area contributed by atoms with Gasteiger partial charge < -0.3 is 16.2 Å². The van der Waals surface area contributed by atoms with Crippen LogP contribution in [-0.4, -0.2) is 35.0 Å². The number of halogens is 1. The van der Waals surface area contributed by atoms with Crippen molar-refractivity contribution in [2.75, 3.05) is 17.3 Å². The largest absolute Gasteiger partial charge is 0.478 e. The zero-order valence-electron chi connectivity index (χ0n) is 10.4. The molecule has 1 aromatic rings. The molecule has 5 nitrogen and oxygen atoms in total. The van der Waals surface area contributed by atoms with Crippen molar-refractivity contribution in [1.29, 1.82) is 0 Å². The lowest BCUT2D eigenvalue weighted by molar-refractivity contribution is -0.117. The van der Waals surface area contributed by atoms with Crippen molar-refractivity contribution < 1.29 is 19.1 Å². The van der Waals surface area contributed by atoms with Crippen molar-refractivity contribution in [3.63, 3.8) is 0 Å². The van der Waals surface area contributed by atoms with Crippen LogP contribution in [0.5, 0.6) is 0 Å². The fourth-order valence-electron chi connectivity index (χ4n) is 1.40. The summed E-state index contributed by atoms with van der Waals surface area (Å²) in [6.07, 6.45) is 2.38. The van der Waals surface area contributed by atoms with Crippen molar-refractivity contribution in [2.24, 2.45) is 5.73 Å². The highest BCUT2D eigenvalue weighted by molar-refractivity contribution is 7.98. The molecule has 0 unspecified atom stereocenters. The molecule has 0 aromatic heterocycles. The maximum absolute atomic E-state index is 13.0. The van der Waals surface area contributed by atoms with E-state index in [1.165, 1.54) is 6.07 Å². The van der Waals surface area contributed by atoms with E-state index in [0.29, 0.717) is 6.42 Å². The number of hydrogen-bond acceptors (Lipinski definition) is 4. The summed E-state index contributed by atoms with van der Waals surface area (Å²) in [5, 5.41) is 11.3. The summed E-state index contributed by atoms with van der Waals surface area (Å²) in [6.45, 7) is 0. The van der Waals surface area contributed by atoms with Crippen LogP contribution in [0.1, 0.15) is 16.8 Å². The summed E-state index contributed by atoms with van der Waals surface area (Å²) in [5.74, 6) is -1.75. The lowest BCUT2D eigenvalue weighted by Gasteiger charge is -2.13. The Kier molecular flexibility index (Phi) is 5.78. The number of anilines is 1. The summed E-state index contributed by atoms with van der Waals surface area (Å²) < 4.78 is 13.0. The van der Waals surface area contributed by atoms with Gasteiger partial charge in [0, 0.05) is 0 Å². The molecule has 1 aromatic carbocycles. The van der Waals surface area contributed by atoms with Crippen molar-refractivity contribution in [2.45, 2.75) is 12.5 Å². The Balaban J connectivity index is 2.81. The Morgan fingerprint density at radius 3 is 2.79 bits per heavy atom. The number of carboxylic acid groups (broad SMARTS) is 1. The molecule has 0 fully saturated rings. The van der Waals surface area contributed by atoms with E-state index in [1.807, 2.05) is 6.26 Å². The van der Waals surface area contributed by atoms with Gasteiger partial charge in [-0.1, -0.05) is 0 Å². The molecule has 7 heteroatoms. The Hall–Kier alpha value is -1.60. The normalized spacial score (nSPS) is 11.9. The zero-order valence-corrected chi connectivity index (χ0v) is 11.2. The molecular formula is C12H15FN2O3S. The van der Waals surface area contributed by atoms with Crippen LogP contribution >= 0.6 is 11.8 Å². The first kappa shape index (κ1) is 15.5. The third-order valence-electron chi connectivity index (χ3n) is 2.44. The molecule has 4 N–H and O–H groups in total. The van der Waals surface area contributed by atoms with Gasteiger partial charge in [-0.25, -0.2) is 9.18 Å². The molecule has 0 aliphatic rings. The number of carboxylic acids is 1. The van der Waals surface area contributed by atoms with Gasteiger partial charge in [-0.05, 0) is 36.6 Å². The molecule has 1 rings (SSSR count). The van der Waals surface area contributed by atoms with Crippen LogP contribution in [0.3, 0.4) is 0 Å². The summed E-state index contributed by atoms with van der Waals surface area (Å²) in [6, 6.07) is 2.41. The summed E-state index contributed by atoms with van der Waals surface area (Å²) >= 11 is 1.56. The van der Waals surface area contributed by atoms with Crippen LogP contribution in [0.25, 0.3) is 0 Å². The second-order valence-electron chi connectivity index (χ2n) is 3.87. The number of carbonyl (C=O) groups excluding carboxylic acids is 1.